The predicted molar refractivity (Wildman–Crippen MR) is 45.7 cm³/mol. The van der Waals surface area contributed by atoms with Crippen molar-refractivity contribution in [1.29, 1.82) is 0 Å². The summed E-state index contributed by atoms with van der Waals surface area (Å²) < 4.78 is 24.6. The first-order valence-corrected chi connectivity index (χ1v) is 3.91. The fourth-order valence-electron chi connectivity index (χ4n) is 1.03. The molecule has 82 valence electrons. The summed E-state index contributed by atoms with van der Waals surface area (Å²) in [7, 11) is 0. The van der Waals surface area contributed by atoms with Gasteiger partial charge >= 0.3 is 5.97 Å². The molecule has 0 radical (unpaired) electrons. The van der Waals surface area contributed by atoms with E-state index in [2.05, 4.69) is 4.98 Å². The van der Waals surface area contributed by atoms with E-state index in [1.165, 1.54) is 0 Å². The lowest BCUT2D eigenvalue weighted by Gasteiger charge is -2.07. The van der Waals surface area contributed by atoms with E-state index in [1.807, 2.05) is 0 Å². The van der Waals surface area contributed by atoms with Crippen molar-refractivity contribution < 1.29 is 23.8 Å². The Hall–Kier alpha value is -1.76. The number of carboxylic acid groups (broad SMARTS) is 1. The number of aromatic nitrogens is 1. The van der Waals surface area contributed by atoms with Crippen molar-refractivity contribution in [1.82, 2.24) is 4.98 Å². The highest BCUT2D eigenvalue weighted by molar-refractivity contribution is 5.89. The van der Waals surface area contributed by atoms with Crippen LogP contribution in [0.2, 0.25) is 0 Å². The maximum Gasteiger partial charge on any atom is 0.358 e. The summed E-state index contributed by atoms with van der Waals surface area (Å²) in [5, 5.41) is 17.9. The van der Waals surface area contributed by atoms with E-state index in [1.54, 1.807) is 0 Å². The molecule has 0 aliphatic heterocycles. The smallest absolute Gasteiger partial charge is 0.358 e. The van der Waals surface area contributed by atoms with Gasteiger partial charge in [0, 0.05) is 12.1 Å². The zero-order valence-electron chi connectivity index (χ0n) is 7.44. The molecule has 0 saturated carbocycles. The van der Waals surface area contributed by atoms with Gasteiger partial charge in [-0.05, 0) is 6.07 Å². The molecule has 0 aliphatic carbocycles. The monoisotopic (exact) mass is 218 g/mol. The average molecular weight is 218 g/mol. The fourth-order valence-corrected chi connectivity index (χ4v) is 1.03. The van der Waals surface area contributed by atoms with E-state index in [-0.39, 0.29) is 12.1 Å². The zero-order chi connectivity index (χ0) is 11.6. The molecular formula is C8H8F2N2O3. The maximum absolute atomic E-state index is 12.3. The third-order valence-electron chi connectivity index (χ3n) is 1.74. The van der Waals surface area contributed by atoms with Crippen molar-refractivity contribution >= 4 is 5.97 Å². The third kappa shape index (κ3) is 2.18. The summed E-state index contributed by atoms with van der Waals surface area (Å²) in [4.78, 5) is 13.7. The first-order valence-electron chi connectivity index (χ1n) is 3.91. The minimum atomic E-state index is -2.91. The van der Waals surface area contributed by atoms with E-state index in [0.29, 0.717) is 0 Å². The Bertz CT molecular complexity index is 396. The minimum absolute atomic E-state index is 0.0716. The summed E-state index contributed by atoms with van der Waals surface area (Å²) in [6.45, 7) is -0.242. The molecule has 15 heavy (non-hydrogen) atoms. The van der Waals surface area contributed by atoms with Crippen molar-refractivity contribution in [3.8, 4) is 5.75 Å². The molecule has 0 aromatic carbocycles. The van der Waals surface area contributed by atoms with Gasteiger partial charge < -0.3 is 15.9 Å². The van der Waals surface area contributed by atoms with Gasteiger partial charge in [-0.2, -0.15) is 0 Å². The number of rotatable bonds is 3. The largest absolute Gasteiger partial charge is 0.505 e. The Morgan fingerprint density at radius 2 is 2.20 bits per heavy atom. The SMILES string of the molecule is NCc1cc(C(F)F)nc(C(=O)O)c1O. The van der Waals surface area contributed by atoms with E-state index < -0.39 is 29.5 Å². The number of pyridine rings is 1. The van der Waals surface area contributed by atoms with Crippen LogP contribution in [0.1, 0.15) is 28.2 Å². The third-order valence-corrected chi connectivity index (χ3v) is 1.74. The van der Waals surface area contributed by atoms with Crippen molar-refractivity contribution in [2.24, 2.45) is 5.73 Å². The summed E-state index contributed by atoms with van der Waals surface area (Å²) in [6, 6.07) is 0.881. The Morgan fingerprint density at radius 1 is 1.60 bits per heavy atom. The zero-order valence-corrected chi connectivity index (χ0v) is 7.44. The van der Waals surface area contributed by atoms with Crippen LogP contribution in [0.25, 0.3) is 0 Å². The van der Waals surface area contributed by atoms with Gasteiger partial charge in [0.15, 0.2) is 11.4 Å². The Kier molecular flexibility index (Phi) is 3.15. The second-order valence-corrected chi connectivity index (χ2v) is 2.71. The predicted octanol–water partition coefficient (Wildman–Crippen LogP) is 0.882. The summed E-state index contributed by atoms with van der Waals surface area (Å²) >= 11 is 0. The highest BCUT2D eigenvalue weighted by Crippen LogP contribution is 2.26. The molecule has 4 N–H and O–H groups in total. The van der Waals surface area contributed by atoms with Gasteiger partial charge in [0.1, 0.15) is 5.69 Å². The standard InChI is InChI=1S/C8H8F2N2O3/c9-7(10)4-1-3(2-11)6(13)5(12-4)8(14)15/h1,7,13H,2,11H2,(H,14,15). The molecule has 1 aromatic rings. The summed E-state index contributed by atoms with van der Waals surface area (Å²) in [5.74, 6) is -2.25. The molecule has 0 atom stereocenters. The number of aromatic carboxylic acids is 1. The molecular weight excluding hydrogens is 210 g/mol. The average Bonchev–Trinajstić information content (AvgIpc) is 2.17. The number of carbonyl (C=O) groups is 1. The minimum Gasteiger partial charge on any atom is -0.505 e. The van der Waals surface area contributed by atoms with Crippen LogP contribution < -0.4 is 5.73 Å². The number of nitrogens with two attached hydrogens (primary N) is 1. The van der Waals surface area contributed by atoms with Crippen LogP contribution in [0, 0.1) is 0 Å². The van der Waals surface area contributed by atoms with Crippen LogP contribution in [-0.2, 0) is 6.54 Å². The first kappa shape index (κ1) is 11.3. The van der Waals surface area contributed by atoms with Crippen molar-refractivity contribution in [3.63, 3.8) is 0 Å². The van der Waals surface area contributed by atoms with E-state index >= 15 is 0 Å². The fraction of sp³-hybridized carbons (Fsp3) is 0.250. The van der Waals surface area contributed by atoms with E-state index in [0.717, 1.165) is 6.07 Å². The topological polar surface area (TPSA) is 96.4 Å². The molecule has 7 heteroatoms. The van der Waals surface area contributed by atoms with Crippen LogP contribution >= 0.6 is 0 Å². The summed E-state index contributed by atoms with van der Waals surface area (Å²) in [5.41, 5.74) is 3.56. The molecule has 1 rings (SSSR count). The van der Waals surface area contributed by atoms with Gasteiger partial charge in [0.05, 0.1) is 0 Å². The van der Waals surface area contributed by atoms with Gasteiger partial charge in [0.2, 0.25) is 0 Å². The molecule has 0 amide bonds. The number of alkyl halides is 2. The first-order chi connectivity index (χ1) is 6.97. The molecule has 0 aliphatic rings. The van der Waals surface area contributed by atoms with Gasteiger partial charge in [-0.3, -0.25) is 0 Å². The van der Waals surface area contributed by atoms with Crippen molar-refractivity contribution in [2.75, 3.05) is 0 Å². The Labute approximate surface area is 83.2 Å². The van der Waals surface area contributed by atoms with Crippen LogP contribution in [0.15, 0.2) is 6.07 Å². The maximum atomic E-state index is 12.3. The van der Waals surface area contributed by atoms with Crippen LogP contribution in [0.4, 0.5) is 8.78 Å². The van der Waals surface area contributed by atoms with Gasteiger partial charge in [0.25, 0.3) is 6.43 Å². The number of carboxylic acids is 1. The second kappa shape index (κ2) is 4.18. The number of hydrogen-bond donors (Lipinski definition) is 3. The van der Waals surface area contributed by atoms with E-state index in [4.69, 9.17) is 10.8 Å². The molecule has 1 aromatic heterocycles. The van der Waals surface area contributed by atoms with E-state index in [9.17, 15) is 18.7 Å². The lowest BCUT2D eigenvalue weighted by molar-refractivity contribution is 0.0684. The van der Waals surface area contributed by atoms with Crippen molar-refractivity contribution in [2.45, 2.75) is 13.0 Å². The van der Waals surface area contributed by atoms with Gasteiger partial charge in [-0.1, -0.05) is 0 Å². The molecule has 0 bridgehead atoms. The quantitative estimate of drug-likeness (QED) is 0.699. The Balaban J connectivity index is 3.38. The molecule has 0 unspecified atom stereocenters. The highest BCUT2D eigenvalue weighted by atomic mass is 19.3. The number of nitrogens with zero attached hydrogens (tertiary/aromatic N) is 1. The lowest BCUT2D eigenvalue weighted by Crippen LogP contribution is -2.08. The van der Waals surface area contributed by atoms with Gasteiger partial charge in [-0.15, -0.1) is 0 Å². The molecule has 0 fully saturated rings. The molecule has 0 saturated heterocycles. The highest BCUT2D eigenvalue weighted by Gasteiger charge is 2.20. The second-order valence-electron chi connectivity index (χ2n) is 2.71. The van der Waals surface area contributed by atoms with Crippen molar-refractivity contribution in [3.05, 3.63) is 23.0 Å². The van der Waals surface area contributed by atoms with Crippen LogP contribution in [0.3, 0.4) is 0 Å². The van der Waals surface area contributed by atoms with Gasteiger partial charge in [-0.25, -0.2) is 18.6 Å². The molecule has 0 spiro atoms. The lowest BCUT2D eigenvalue weighted by atomic mass is 10.1. The van der Waals surface area contributed by atoms with Crippen LogP contribution in [-0.4, -0.2) is 21.2 Å². The molecule has 1 heterocycles. The molecule has 5 nitrogen and oxygen atoms in total. The van der Waals surface area contributed by atoms with Crippen LogP contribution in [0.5, 0.6) is 5.75 Å². The number of hydrogen-bond acceptors (Lipinski definition) is 4. The summed E-state index contributed by atoms with van der Waals surface area (Å²) in [6.07, 6.45) is -2.91. The number of aromatic hydroxyl groups is 1. The Morgan fingerprint density at radius 3 is 2.60 bits per heavy atom. The normalized spacial score (nSPS) is 10.7. The number of halogens is 2.